The molecule has 0 saturated heterocycles. The first-order chi connectivity index (χ1) is 13.6. The fraction of sp³-hybridized carbons (Fsp3) is 0.429. The molecular weight excluding hydrogens is 434 g/mol. The number of fused-ring (bicyclic) bond motifs is 1. The van der Waals surface area contributed by atoms with Gasteiger partial charge in [-0.25, -0.2) is 9.97 Å². The number of anilines is 1. The summed E-state index contributed by atoms with van der Waals surface area (Å²) in [6.07, 6.45) is 8.33. The average Bonchev–Trinajstić information content (AvgIpc) is 3.19. The van der Waals surface area contributed by atoms with Crippen molar-refractivity contribution >= 4 is 43.5 Å². The lowest BCUT2D eigenvalue weighted by Crippen LogP contribution is -2.36. The first-order valence-electron chi connectivity index (χ1n) is 9.74. The van der Waals surface area contributed by atoms with Gasteiger partial charge in [0, 0.05) is 35.3 Å². The van der Waals surface area contributed by atoms with Crippen LogP contribution in [0.3, 0.4) is 0 Å². The number of nitrogens with zero attached hydrogens (tertiary/aromatic N) is 3. The topological polar surface area (TPSA) is 68.7 Å². The van der Waals surface area contributed by atoms with Crippen LogP contribution in [0.4, 0.5) is 5.82 Å². The van der Waals surface area contributed by atoms with Gasteiger partial charge in [0.25, 0.3) is 0 Å². The van der Waals surface area contributed by atoms with Gasteiger partial charge in [0.2, 0.25) is 0 Å². The predicted molar refractivity (Wildman–Crippen MR) is 121 cm³/mol. The van der Waals surface area contributed by atoms with E-state index >= 15 is 0 Å². The van der Waals surface area contributed by atoms with Crippen LogP contribution in [-0.4, -0.2) is 33.8 Å². The fourth-order valence-corrected chi connectivity index (χ4v) is 6.02. The van der Waals surface area contributed by atoms with Crippen molar-refractivity contribution in [3.8, 4) is 0 Å². The molecule has 5 nitrogen and oxygen atoms in total. The zero-order valence-corrected chi connectivity index (χ0v) is 18.5. The number of hydrogen-bond donors (Lipinski definition) is 2. The monoisotopic (exact) mass is 459 g/mol. The molecule has 0 radical (unpaired) electrons. The third-order valence-corrected chi connectivity index (χ3v) is 7.81. The summed E-state index contributed by atoms with van der Waals surface area (Å²) in [6.45, 7) is 0. The molecule has 2 N–H and O–H groups in total. The van der Waals surface area contributed by atoms with E-state index in [0.717, 1.165) is 32.8 Å². The number of nitrogens with one attached hydrogen (secondary N) is 2. The van der Waals surface area contributed by atoms with Gasteiger partial charge in [-0.15, -0.1) is 0 Å². The van der Waals surface area contributed by atoms with Crippen molar-refractivity contribution in [2.75, 3.05) is 17.7 Å². The Balaban J connectivity index is 1.31. The molecule has 0 spiro atoms. The highest BCUT2D eigenvalue weighted by atomic mass is 79.9. The van der Waals surface area contributed by atoms with E-state index in [9.17, 15) is 0 Å². The minimum absolute atomic E-state index is 0.300. The third-order valence-electron chi connectivity index (χ3n) is 5.72. The molecule has 3 aromatic rings. The molecule has 0 bridgehead atoms. The van der Waals surface area contributed by atoms with Crippen molar-refractivity contribution < 1.29 is 0 Å². The molecular formula is C21H26BrN5S. The number of aromatic amines is 1. The zero-order chi connectivity index (χ0) is 19.5. The molecule has 28 heavy (non-hydrogen) atoms. The van der Waals surface area contributed by atoms with Crippen LogP contribution >= 0.6 is 15.9 Å². The van der Waals surface area contributed by atoms with Gasteiger partial charge in [-0.3, -0.25) is 4.78 Å². The van der Waals surface area contributed by atoms with Crippen LogP contribution in [0.5, 0.6) is 0 Å². The summed E-state index contributed by atoms with van der Waals surface area (Å²) in [4.78, 5) is 14.3. The standard InChI is InChI=1S/C21H26BrN5S/c1-27(21-19-10-11-24-20(19)25-14-26-21)18-8-4-16(5-9-18)13-28(23)12-15-2-6-17(22)7-3-15/h2-3,6-7,10-11,14,16,18,23H,4-5,8-9,12-13H2,1H3,(H,24,25,26)/t16-,18+,28?. The molecule has 1 aliphatic carbocycles. The number of halogens is 1. The highest BCUT2D eigenvalue weighted by molar-refractivity contribution is 9.10. The molecule has 1 atom stereocenters. The Hall–Kier alpha value is -1.73. The van der Waals surface area contributed by atoms with Gasteiger partial charge in [-0.2, -0.15) is 0 Å². The smallest absolute Gasteiger partial charge is 0.142 e. The molecule has 0 aliphatic heterocycles. The number of hydrogen-bond acceptors (Lipinski definition) is 4. The summed E-state index contributed by atoms with van der Waals surface area (Å²) in [7, 11) is 1.86. The second-order valence-corrected chi connectivity index (χ2v) is 10.2. The van der Waals surface area contributed by atoms with E-state index in [2.05, 4.69) is 73.2 Å². The molecule has 7 heteroatoms. The van der Waals surface area contributed by atoms with Crippen LogP contribution in [0.15, 0.2) is 47.3 Å². The molecule has 2 heterocycles. The molecule has 1 aromatic carbocycles. The van der Waals surface area contributed by atoms with Crippen molar-refractivity contribution in [1.29, 1.82) is 4.78 Å². The Morgan fingerprint density at radius 1 is 1.14 bits per heavy atom. The largest absolute Gasteiger partial charge is 0.356 e. The summed E-state index contributed by atoms with van der Waals surface area (Å²) >= 11 is 3.48. The molecule has 148 valence electrons. The molecule has 1 saturated carbocycles. The van der Waals surface area contributed by atoms with Gasteiger partial charge in [0.05, 0.1) is 5.39 Å². The Labute approximate surface area is 177 Å². The normalized spacial score (nSPS) is 20.9. The molecule has 2 aromatic heterocycles. The summed E-state index contributed by atoms with van der Waals surface area (Å²) in [6, 6.07) is 11.0. The van der Waals surface area contributed by atoms with E-state index < -0.39 is 0 Å². The Morgan fingerprint density at radius 3 is 2.64 bits per heavy atom. The number of rotatable bonds is 6. The van der Waals surface area contributed by atoms with Crippen LogP contribution < -0.4 is 4.90 Å². The summed E-state index contributed by atoms with van der Waals surface area (Å²) in [5.41, 5.74) is 2.17. The van der Waals surface area contributed by atoms with Crippen molar-refractivity contribution in [2.45, 2.75) is 37.5 Å². The van der Waals surface area contributed by atoms with E-state index in [1.807, 2.05) is 6.20 Å². The second-order valence-electron chi connectivity index (χ2n) is 7.65. The summed E-state index contributed by atoms with van der Waals surface area (Å²) in [5, 5.41) is 1.09. The van der Waals surface area contributed by atoms with Gasteiger partial charge in [-0.1, -0.05) is 38.8 Å². The van der Waals surface area contributed by atoms with E-state index in [1.54, 1.807) is 6.33 Å². The van der Waals surface area contributed by atoms with Crippen molar-refractivity contribution in [2.24, 2.45) is 5.92 Å². The SMILES string of the molecule is CN(c1ncnc2[nH]ccc12)[C@H]1CC[C@@H](CS(=N)Cc2ccc(Br)cc2)CC1. The van der Waals surface area contributed by atoms with Crippen molar-refractivity contribution in [3.05, 3.63) is 52.9 Å². The fourth-order valence-electron chi connectivity index (χ4n) is 4.14. The van der Waals surface area contributed by atoms with Gasteiger partial charge < -0.3 is 9.88 Å². The lowest BCUT2D eigenvalue weighted by Gasteiger charge is -2.35. The number of aromatic nitrogens is 3. The van der Waals surface area contributed by atoms with E-state index in [4.69, 9.17) is 4.78 Å². The predicted octanol–water partition coefficient (Wildman–Crippen LogP) is 5.30. The Kier molecular flexibility index (Phi) is 6.11. The van der Waals surface area contributed by atoms with Gasteiger partial charge in [0.15, 0.2) is 0 Å². The minimum Gasteiger partial charge on any atom is -0.356 e. The van der Waals surface area contributed by atoms with Gasteiger partial charge in [-0.05, 0) is 55.4 Å². The van der Waals surface area contributed by atoms with Crippen LogP contribution in [-0.2, 0) is 16.4 Å². The van der Waals surface area contributed by atoms with E-state index in [-0.39, 0.29) is 10.7 Å². The Bertz CT molecular complexity index is 947. The highest BCUT2D eigenvalue weighted by Crippen LogP contribution is 2.32. The Morgan fingerprint density at radius 2 is 1.89 bits per heavy atom. The maximum Gasteiger partial charge on any atom is 0.142 e. The second kappa shape index (κ2) is 8.74. The quantitative estimate of drug-likeness (QED) is 0.525. The molecule has 4 rings (SSSR count). The van der Waals surface area contributed by atoms with Gasteiger partial charge >= 0.3 is 0 Å². The van der Waals surface area contributed by atoms with E-state index in [1.165, 1.54) is 31.2 Å². The molecule has 0 amide bonds. The maximum absolute atomic E-state index is 8.53. The average molecular weight is 460 g/mol. The van der Waals surface area contributed by atoms with Crippen molar-refractivity contribution in [3.63, 3.8) is 0 Å². The van der Waals surface area contributed by atoms with Crippen LogP contribution in [0.2, 0.25) is 0 Å². The van der Waals surface area contributed by atoms with Crippen LogP contribution in [0.1, 0.15) is 31.2 Å². The number of benzene rings is 1. The lowest BCUT2D eigenvalue weighted by atomic mass is 9.86. The maximum atomic E-state index is 8.53. The third kappa shape index (κ3) is 4.46. The van der Waals surface area contributed by atoms with Crippen LogP contribution in [0.25, 0.3) is 11.0 Å². The highest BCUT2D eigenvalue weighted by Gasteiger charge is 2.26. The summed E-state index contributed by atoms with van der Waals surface area (Å²) < 4.78 is 9.63. The molecule has 1 unspecified atom stereocenters. The first-order valence-corrected chi connectivity index (χ1v) is 12.1. The lowest BCUT2D eigenvalue weighted by molar-refractivity contribution is 0.344. The van der Waals surface area contributed by atoms with Crippen LogP contribution in [0, 0.1) is 10.7 Å². The first kappa shape index (κ1) is 19.6. The number of H-pyrrole nitrogens is 1. The molecule has 1 fully saturated rings. The minimum atomic E-state index is -0.300. The van der Waals surface area contributed by atoms with E-state index in [0.29, 0.717) is 12.0 Å². The van der Waals surface area contributed by atoms with Gasteiger partial charge in [0.1, 0.15) is 17.8 Å². The summed E-state index contributed by atoms with van der Waals surface area (Å²) in [5.74, 6) is 3.60. The zero-order valence-electron chi connectivity index (χ0n) is 16.1. The molecule has 1 aliphatic rings. The van der Waals surface area contributed by atoms with Crippen molar-refractivity contribution in [1.82, 2.24) is 15.0 Å².